The molecule has 2 aromatic rings. The molecule has 0 aliphatic heterocycles. The summed E-state index contributed by atoms with van der Waals surface area (Å²) in [7, 11) is 0. The van der Waals surface area contributed by atoms with Crippen molar-refractivity contribution in [2.45, 2.75) is 32.7 Å². The second kappa shape index (κ2) is 8.82. The molecule has 0 aliphatic rings. The Hall–Kier alpha value is -2.69. The van der Waals surface area contributed by atoms with Gasteiger partial charge in [0.25, 0.3) is 0 Å². The third kappa shape index (κ3) is 5.50. The number of carbonyl (C=O) groups excluding carboxylic acids is 2. The van der Waals surface area contributed by atoms with Crippen molar-refractivity contribution in [3.05, 3.63) is 65.8 Å². The van der Waals surface area contributed by atoms with Gasteiger partial charge < -0.3 is 5.32 Å². The van der Waals surface area contributed by atoms with Gasteiger partial charge in [0.1, 0.15) is 5.49 Å². The highest BCUT2D eigenvalue weighted by Gasteiger charge is 2.07. The number of aromatic nitrogens is 1. The molecule has 126 valence electrons. The number of carbonyl (C=O) groups is 2. The highest BCUT2D eigenvalue weighted by molar-refractivity contribution is 5.81. The lowest BCUT2D eigenvalue weighted by atomic mass is 10.1. The third-order valence-electron chi connectivity index (χ3n) is 3.37. The predicted molar refractivity (Wildman–Crippen MR) is 93.5 cm³/mol. The van der Waals surface area contributed by atoms with E-state index in [1.807, 2.05) is 56.3 Å². The topological polar surface area (TPSA) is 63.5 Å². The van der Waals surface area contributed by atoms with Crippen molar-refractivity contribution in [3.63, 3.8) is 0 Å². The second-order valence-corrected chi connectivity index (χ2v) is 5.81. The van der Waals surface area contributed by atoms with Crippen LogP contribution in [-0.2, 0) is 11.2 Å². The molecule has 0 aliphatic carbocycles. The van der Waals surface area contributed by atoms with E-state index in [4.69, 9.17) is 0 Å². The van der Waals surface area contributed by atoms with Crippen molar-refractivity contribution >= 4 is 11.8 Å². The molecule has 0 atom stereocenters. The molecule has 0 bridgehead atoms. The van der Waals surface area contributed by atoms with E-state index in [0.717, 1.165) is 5.56 Å². The minimum atomic E-state index is -0.0880. The van der Waals surface area contributed by atoms with Crippen molar-refractivity contribution in [2.75, 3.05) is 6.54 Å². The summed E-state index contributed by atoms with van der Waals surface area (Å²) in [6.45, 7) is 4.24. The largest absolute Gasteiger partial charge is 0.355 e. The van der Waals surface area contributed by atoms with E-state index in [0.29, 0.717) is 18.5 Å². The second-order valence-electron chi connectivity index (χ2n) is 5.81. The summed E-state index contributed by atoms with van der Waals surface area (Å²) in [5.41, 5.74) is 1.59. The first-order chi connectivity index (χ1) is 11.6. The van der Waals surface area contributed by atoms with Crippen LogP contribution in [0.4, 0.5) is 0 Å². The number of nitrogens with zero attached hydrogens (tertiary/aromatic N) is 2. The Labute approximate surface area is 142 Å². The highest BCUT2D eigenvalue weighted by atomic mass is 16.2. The number of amides is 1. The van der Waals surface area contributed by atoms with E-state index in [-0.39, 0.29) is 24.3 Å². The number of hydrogen-bond acceptors (Lipinski definition) is 3. The Balaban J connectivity index is 1.89. The molecule has 1 amide bonds. The van der Waals surface area contributed by atoms with E-state index in [1.54, 1.807) is 12.3 Å². The van der Waals surface area contributed by atoms with Crippen LogP contribution in [-0.4, -0.2) is 29.0 Å². The van der Waals surface area contributed by atoms with E-state index >= 15 is 0 Å². The lowest BCUT2D eigenvalue weighted by Crippen LogP contribution is -2.32. The normalized spacial score (nSPS) is 11.5. The summed E-state index contributed by atoms with van der Waals surface area (Å²) in [6, 6.07) is 15.1. The molecule has 24 heavy (non-hydrogen) atoms. The maximum absolute atomic E-state index is 12.3. The molecule has 0 fully saturated rings. The maximum Gasteiger partial charge on any atom is 0.233 e. The van der Waals surface area contributed by atoms with Gasteiger partial charge in [0.05, 0.1) is 6.42 Å². The molecule has 0 spiro atoms. The Morgan fingerprint density at radius 2 is 1.79 bits per heavy atom. The summed E-state index contributed by atoms with van der Waals surface area (Å²) < 4.78 is 1.53. The van der Waals surface area contributed by atoms with Crippen molar-refractivity contribution in [1.82, 2.24) is 9.88 Å². The number of rotatable bonds is 6. The van der Waals surface area contributed by atoms with Gasteiger partial charge in [-0.05, 0) is 31.5 Å². The lowest BCUT2D eigenvalue weighted by Gasteiger charge is -2.08. The van der Waals surface area contributed by atoms with Crippen LogP contribution in [0, 0.1) is 0 Å². The fourth-order valence-electron chi connectivity index (χ4n) is 2.29. The first-order valence-electron chi connectivity index (χ1n) is 8.11. The number of hydrogen-bond donors (Lipinski definition) is 1. The van der Waals surface area contributed by atoms with Crippen LogP contribution in [0.25, 0.3) is 0 Å². The first kappa shape index (κ1) is 17.7. The number of benzene rings is 1. The summed E-state index contributed by atoms with van der Waals surface area (Å²) >= 11 is 0. The summed E-state index contributed by atoms with van der Waals surface area (Å²) in [4.78, 5) is 28.7. The molecule has 5 heteroatoms. The lowest BCUT2D eigenvalue weighted by molar-refractivity contribution is -0.120. The van der Waals surface area contributed by atoms with E-state index in [9.17, 15) is 9.59 Å². The molecular weight excluding hydrogens is 302 g/mol. The van der Waals surface area contributed by atoms with Crippen LogP contribution >= 0.6 is 0 Å². The number of pyridine rings is 1. The number of nitrogens with one attached hydrogen (secondary N) is 1. The van der Waals surface area contributed by atoms with Gasteiger partial charge in [-0.1, -0.05) is 36.4 Å². The Kier molecular flexibility index (Phi) is 6.49. The van der Waals surface area contributed by atoms with E-state index in [1.165, 1.54) is 4.57 Å². The average molecular weight is 325 g/mol. The molecule has 2 rings (SSSR count). The molecule has 0 saturated heterocycles. The zero-order chi connectivity index (χ0) is 17.4. The monoisotopic (exact) mass is 325 g/mol. The van der Waals surface area contributed by atoms with Crippen molar-refractivity contribution < 1.29 is 9.59 Å². The van der Waals surface area contributed by atoms with Gasteiger partial charge in [-0.15, -0.1) is 0 Å². The Morgan fingerprint density at radius 3 is 2.50 bits per heavy atom. The van der Waals surface area contributed by atoms with Gasteiger partial charge in [0.15, 0.2) is 0 Å². The van der Waals surface area contributed by atoms with Gasteiger partial charge in [0.2, 0.25) is 11.8 Å². The van der Waals surface area contributed by atoms with Crippen LogP contribution in [0.3, 0.4) is 0 Å². The zero-order valence-corrected chi connectivity index (χ0v) is 14.1. The van der Waals surface area contributed by atoms with Gasteiger partial charge in [-0.3, -0.25) is 19.1 Å². The first-order valence-corrected chi connectivity index (χ1v) is 8.11. The van der Waals surface area contributed by atoms with Crippen LogP contribution in [0.2, 0.25) is 0 Å². The van der Waals surface area contributed by atoms with Crippen molar-refractivity contribution in [3.8, 4) is 0 Å². The minimum absolute atomic E-state index is 0.0841. The molecule has 0 saturated carbocycles. The van der Waals surface area contributed by atoms with Crippen molar-refractivity contribution in [1.29, 1.82) is 0 Å². The smallest absolute Gasteiger partial charge is 0.233 e. The molecule has 1 aromatic heterocycles. The molecule has 1 heterocycles. The van der Waals surface area contributed by atoms with E-state index in [2.05, 4.69) is 10.3 Å². The predicted octanol–water partition coefficient (Wildman–Crippen LogP) is 2.19. The minimum Gasteiger partial charge on any atom is -0.355 e. The average Bonchev–Trinajstić information content (AvgIpc) is 2.55. The van der Waals surface area contributed by atoms with Crippen LogP contribution < -0.4 is 10.8 Å². The molecular formula is C19H23N3O2. The quantitative estimate of drug-likeness (QED) is 0.885. The standard InChI is InChI=1S/C19H23N3O2/c1-15(2)21-17-10-6-7-13-22(17)19(24)11-12-20-18(23)14-16-8-4-3-5-9-16/h3-10,13,15H,11-12,14H2,1-2H3,(H,20,23). The highest BCUT2D eigenvalue weighted by Crippen LogP contribution is 1.99. The Morgan fingerprint density at radius 1 is 1.08 bits per heavy atom. The maximum atomic E-state index is 12.3. The summed E-state index contributed by atoms with van der Waals surface area (Å²) in [5.74, 6) is -0.172. The van der Waals surface area contributed by atoms with Crippen molar-refractivity contribution in [2.24, 2.45) is 4.99 Å². The summed E-state index contributed by atoms with van der Waals surface area (Å²) in [5, 5.41) is 2.79. The molecule has 1 aromatic carbocycles. The zero-order valence-electron chi connectivity index (χ0n) is 14.1. The molecule has 5 nitrogen and oxygen atoms in total. The fraction of sp³-hybridized carbons (Fsp3) is 0.316. The third-order valence-corrected chi connectivity index (χ3v) is 3.37. The van der Waals surface area contributed by atoms with Gasteiger partial charge in [-0.2, -0.15) is 0 Å². The summed E-state index contributed by atoms with van der Waals surface area (Å²) in [6.07, 6.45) is 2.26. The van der Waals surface area contributed by atoms with E-state index < -0.39 is 0 Å². The van der Waals surface area contributed by atoms with Gasteiger partial charge >= 0.3 is 0 Å². The molecule has 0 radical (unpaired) electrons. The van der Waals surface area contributed by atoms with Crippen LogP contribution in [0.1, 0.15) is 30.6 Å². The van der Waals surface area contributed by atoms with Gasteiger partial charge in [0, 0.05) is 25.2 Å². The van der Waals surface area contributed by atoms with Gasteiger partial charge in [-0.25, -0.2) is 0 Å². The SMILES string of the molecule is CC(C)N=c1ccccn1C(=O)CCNC(=O)Cc1ccccc1. The van der Waals surface area contributed by atoms with Crippen LogP contribution in [0.5, 0.6) is 0 Å². The molecule has 1 N–H and O–H groups in total. The molecule has 0 unspecified atom stereocenters. The Bertz CT molecular complexity index is 748. The fourth-order valence-corrected chi connectivity index (χ4v) is 2.29. The van der Waals surface area contributed by atoms with Crippen LogP contribution in [0.15, 0.2) is 59.7 Å².